The van der Waals surface area contributed by atoms with Gasteiger partial charge in [0.2, 0.25) is 0 Å². The lowest BCUT2D eigenvalue weighted by Gasteiger charge is -2.11. The number of aryl methyl sites for hydroxylation is 2. The van der Waals surface area contributed by atoms with Crippen LogP contribution in [0.2, 0.25) is 0 Å². The van der Waals surface area contributed by atoms with Crippen molar-refractivity contribution in [2.24, 2.45) is 0 Å². The van der Waals surface area contributed by atoms with Crippen molar-refractivity contribution in [3.8, 4) is 5.75 Å². The molecule has 2 rings (SSSR count). The van der Waals surface area contributed by atoms with Gasteiger partial charge < -0.3 is 10.1 Å². The Labute approximate surface area is 134 Å². The van der Waals surface area contributed by atoms with Gasteiger partial charge in [-0.15, -0.1) is 0 Å². The maximum Gasteiger partial charge on any atom is 0.119 e. The highest BCUT2D eigenvalue weighted by Gasteiger charge is 2.00. The Kier molecular flexibility index (Phi) is 6.32. The molecule has 118 valence electrons. The zero-order valence-electron chi connectivity index (χ0n) is 14.0. The van der Waals surface area contributed by atoms with E-state index in [1.54, 1.807) is 0 Å². The van der Waals surface area contributed by atoms with Crippen LogP contribution in [0.1, 0.15) is 42.9 Å². The minimum Gasteiger partial charge on any atom is -0.494 e. The number of nitrogens with one attached hydrogen (secondary N) is 1. The van der Waals surface area contributed by atoms with Gasteiger partial charge in [-0.05, 0) is 55.2 Å². The van der Waals surface area contributed by atoms with Crippen molar-refractivity contribution in [2.75, 3.05) is 11.9 Å². The molecular weight excluding hydrogens is 270 g/mol. The topological polar surface area (TPSA) is 21.3 Å². The summed E-state index contributed by atoms with van der Waals surface area (Å²) >= 11 is 0. The molecule has 0 aliphatic carbocycles. The van der Waals surface area contributed by atoms with Crippen LogP contribution in [0.25, 0.3) is 0 Å². The summed E-state index contributed by atoms with van der Waals surface area (Å²) in [7, 11) is 0. The highest BCUT2D eigenvalue weighted by Crippen LogP contribution is 2.18. The largest absolute Gasteiger partial charge is 0.494 e. The molecule has 0 aliphatic heterocycles. The van der Waals surface area contributed by atoms with Crippen molar-refractivity contribution < 1.29 is 4.74 Å². The Hall–Kier alpha value is -1.96. The normalized spacial score (nSPS) is 10.5. The second-order valence-corrected chi connectivity index (χ2v) is 5.87. The van der Waals surface area contributed by atoms with Gasteiger partial charge in [0.1, 0.15) is 5.75 Å². The summed E-state index contributed by atoms with van der Waals surface area (Å²) in [5.74, 6) is 0.964. The summed E-state index contributed by atoms with van der Waals surface area (Å²) < 4.78 is 5.74. The van der Waals surface area contributed by atoms with Crippen LogP contribution in [0.5, 0.6) is 5.75 Å². The fourth-order valence-corrected chi connectivity index (χ4v) is 2.37. The number of rotatable bonds is 8. The first-order valence-corrected chi connectivity index (χ1v) is 8.22. The summed E-state index contributed by atoms with van der Waals surface area (Å²) in [5.41, 5.74) is 5.03. The molecule has 0 bridgehead atoms. The third kappa shape index (κ3) is 5.10. The molecule has 1 N–H and O–H groups in total. The molecule has 22 heavy (non-hydrogen) atoms. The lowest BCUT2D eigenvalue weighted by atomic mass is 10.1. The van der Waals surface area contributed by atoms with Gasteiger partial charge in [0.05, 0.1) is 6.61 Å². The van der Waals surface area contributed by atoms with Gasteiger partial charge in [-0.25, -0.2) is 0 Å². The first kappa shape index (κ1) is 16.4. The number of anilines is 1. The van der Waals surface area contributed by atoms with Gasteiger partial charge in [0.25, 0.3) is 0 Å². The molecule has 2 aromatic carbocycles. The van der Waals surface area contributed by atoms with Crippen LogP contribution in [0, 0.1) is 13.8 Å². The minimum atomic E-state index is 0.813. The molecule has 2 nitrogen and oxygen atoms in total. The lowest BCUT2D eigenvalue weighted by Crippen LogP contribution is -2.02. The SMILES string of the molecule is CCCCCOc1ccc(CNc2cc(C)ccc2C)cc1. The van der Waals surface area contributed by atoms with Crippen LogP contribution < -0.4 is 10.1 Å². The predicted molar refractivity (Wildman–Crippen MR) is 94.7 cm³/mol. The number of unbranched alkanes of at least 4 members (excludes halogenated alkanes) is 2. The Morgan fingerprint density at radius 3 is 2.45 bits per heavy atom. The first-order valence-electron chi connectivity index (χ1n) is 8.22. The molecule has 0 aromatic heterocycles. The van der Waals surface area contributed by atoms with E-state index in [1.807, 2.05) is 0 Å². The molecule has 0 aliphatic rings. The van der Waals surface area contributed by atoms with Crippen molar-refractivity contribution in [3.63, 3.8) is 0 Å². The van der Waals surface area contributed by atoms with E-state index in [9.17, 15) is 0 Å². The quantitative estimate of drug-likeness (QED) is 0.651. The van der Waals surface area contributed by atoms with Crippen LogP contribution in [0.15, 0.2) is 42.5 Å². The van der Waals surface area contributed by atoms with Crippen LogP contribution >= 0.6 is 0 Å². The number of ether oxygens (including phenoxy) is 1. The van der Waals surface area contributed by atoms with Gasteiger partial charge in [-0.3, -0.25) is 0 Å². The Bertz CT molecular complexity index is 575. The first-order chi connectivity index (χ1) is 10.7. The maximum absolute atomic E-state index is 5.74. The predicted octanol–water partition coefficient (Wildman–Crippen LogP) is 5.48. The maximum atomic E-state index is 5.74. The second-order valence-electron chi connectivity index (χ2n) is 5.87. The molecular formula is C20H27NO. The van der Waals surface area contributed by atoms with Crippen molar-refractivity contribution >= 4 is 5.69 Å². The molecule has 0 radical (unpaired) electrons. The Morgan fingerprint density at radius 2 is 1.73 bits per heavy atom. The molecule has 0 amide bonds. The second kappa shape index (κ2) is 8.47. The van der Waals surface area contributed by atoms with Gasteiger partial charge in [0.15, 0.2) is 0 Å². The molecule has 0 saturated heterocycles. The van der Waals surface area contributed by atoms with Crippen LogP contribution in [0.4, 0.5) is 5.69 Å². The highest BCUT2D eigenvalue weighted by atomic mass is 16.5. The zero-order valence-corrected chi connectivity index (χ0v) is 14.0. The van der Waals surface area contributed by atoms with E-state index in [2.05, 4.69) is 68.6 Å². The molecule has 2 heteroatoms. The van der Waals surface area contributed by atoms with E-state index in [-0.39, 0.29) is 0 Å². The molecule has 0 unspecified atom stereocenters. The van der Waals surface area contributed by atoms with E-state index in [0.717, 1.165) is 25.3 Å². The van der Waals surface area contributed by atoms with Crippen LogP contribution in [-0.4, -0.2) is 6.61 Å². The summed E-state index contributed by atoms with van der Waals surface area (Å²) in [6.07, 6.45) is 3.59. The number of hydrogen-bond donors (Lipinski definition) is 1. The van der Waals surface area contributed by atoms with Crippen molar-refractivity contribution in [1.29, 1.82) is 0 Å². The van der Waals surface area contributed by atoms with E-state index in [1.165, 1.54) is 35.2 Å². The summed E-state index contributed by atoms with van der Waals surface area (Å²) in [4.78, 5) is 0. The highest BCUT2D eigenvalue weighted by molar-refractivity contribution is 5.52. The van der Waals surface area contributed by atoms with Crippen molar-refractivity contribution in [1.82, 2.24) is 0 Å². The van der Waals surface area contributed by atoms with E-state index >= 15 is 0 Å². The summed E-state index contributed by atoms with van der Waals surface area (Å²) in [5, 5.41) is 3.51. The standard InChI is InChI=1S/C20H27NO/c1-4-5-6-13-22-19-11-9-18(10-12-19)15-21-20-14-16(2)7-8-17(20)3/h7-12,14,21H,4-6,13,15H2,1-3H3. The Balaban J connectivity index is 1.84. The smallest absolute Gasteiger partial charge is 0.119 e. The van der Waals surface area contributed by atoms with Crippen LogP contribution in [0.3, 0.4) is 0 Å². The van der Waals surface area contributed by atoms with E-state index < -0.39 is 0 Å². The molecule has 0 heterocycles. The molecule has 0 fully saturated rings. The van der Waals surface area contributed by atoms with Gasteiger partial charge >= 0.3 is 0 Å². The molecule has 0 atom stereocenters. The van der Waals surface area contributed by atoms with Crippen molar-refractivity contribution in [2.45, 2.75) is 46.6 Å². The third-order valence-corrected chi connectivity index (χ3v) is 3.82. The summed E-state index contributed by atoms with van der Waals surface area (Å²) in [6.45, 7) is 8.11. The van der Waals surface area contributed by atoms with E-state index in [4.69, 9.17) is 4.74 Å². The van der Waals surface area contributed by atoms with Gasteiger partial charge in [-0.2, -0.15) is 0 Å². The fraction of sp³-hybridized carbons (Fsp3) is 0.400. The van der Waals surface area contributed by atoms with Gasteiger partial charge in [-0.1, -0.05) is 44.0 Å². The average molecular weight is 297 g/mol. The number of benzene rings is 2. The average Bonchev–Trinajstić information content (AvgIpc) is 2.53. The Morgan fingerprint density at radius 1 is 0.955 bits per heavy atom. The van der Waals surface area contributed by atoms with Crippen LogP contribution in [-0.2, 0) is 6.54 Å². The fourth-order valence-electron chi connectivity index (χ4n) is 2.37. The molecule has 0 saturated carbocycles. The zero-order chi connectivity index (χ0) is 15.8. The minimum absolute atomic E-state index is 0.813. The van der Waals surface area contributed by atoms with Gasteiger partial charge in [0, 0.05) is 12.2 Å². The summed E-state index contributed by atoms with van der Waals surface area (Å²) in [6, 6.07) is 14.9. The van der Waals surface area contributed by atoms with E-state index in [0.29, 0.717) is 0 Å². The molecule has 2 aromatic rings. The third-order valence-electron chi connectivity index (χ3n) is 3.82. The molecule has 0 spiro atoms. The number of hydrogen-bond acceptors (Lipinski definition) is 2. The lowest BCUT2D eigenvalue weighted by molar-refractivity contribution is 0.306. The monoisotopic (exact) mass is 297 g/mol. The van der Waals surface area contributed by atoms with Crippen molar-refractivity contribution in [3.05, 3.63) is 59.2 Å².